The molecule has 0 saturated carbocycles. The molecule has 3 aromatic heterocycles. The van der Waals surface area contributed by atoms with E-state index in [0.717, 1.165) is 42.7 Å². The number of hydrogen-bond acceptors (Lipinski definition) is 5. The highest BCUT2D eigenvalue weighted by atomic mass is 16.6. The van der Waals surface area contributed by atoms with E-state index in [1.165, 1.54) is 11.3 Å². The van der Waals surface area contributed by atoms with Crippen molar-refractivity contribution in [2.24, 2.45) is 5.92 Å². The third-order valence-electron chi connectivity index (χ3n) is 6.24. The second-order valence-electron chi connectivity index (χ2n) is 8.11. The fourth-order valence-corrected chi connectivity index (χ4v) is 4.45. The van der Waals surface area contributed by atoms with Gasteiger partial charge in [-0.3, -0.25) is 9.69 Å². The molecule has 0 spiro atoms. The van der Waals surface area contributed by atoms with Gasteiger partial charge in [0, 0.05) is 24.8 Å². The van der Waals surface area contributed by atoms with Crippen LogP contribution in [-0.2, 0) is 4.74 Å². The summed E-state index contributed by atoms with van der Waals surface area (Å²) in [6.45, 7) is 4.68. The fourth-order valence-electron chi connectivity index (χ4n) is 4.45. The van der Waals surface area contributed by atoms with Gasteiger partial charge in [-0.25, -0.2) is 14.3 Å². The van der Waals surface area contributed by atoms with Gasteiger partial charge < -0.3 is 9.64 Å². The van der Waals surface area contributed by atoms with Crippen LogP contribution in [0, 0.1) is 5.92 Å². The third-order valence-corrected chi connectivity index (χ3v) is 6.24. The van der Waals surface area contributed by atoms with E-state index in [0.29, 0.717) is 30.5 Å². The summed E-state index contributed by atoms with van der Waals surface area (Å²) in [5.74, 6) is 1.18. The number of hydrogen-bond donors (Lipinski definition) is 0. The number of ether oxygens (including phenoxy) is 1. The van der Waals surface area contributed by atoms with Gasteiger partial charge in [0.05, 0.1) is 29.5 Å². The van der Waals surface area contributed by atoms with Crippen LogP contribution in [0.5, 0.6) is 0 Å². The molecule has 0 N–H and O–H groups in total. The van der Waals surface area contributed by atoms with Crippen LogP contribution >= 0.6 is 0 Å². The number of anilines is 1. The molecule has 8 heteroatoms. The molecule has 3 aromatic rings. The maximum Gasteiger partial charge on any atom is 0.415 e. The number of likely N-dealkylation sites (tertiary alicyclic amines) is 1. The standard InChI is InChI=1S/C23H25N5O3/c1-2-16-5-4-10-26(15-16)22(29)18-14-25-28-19(6-3-7-20(18)28)17-8-9-21(24-13-17)27-11-12-31-23(27)30/h3,6-9,13-14,16H,2,4-5,10-12,15H2,1H3. The van der Waals surface area contributed by atoms with Crippen LogP contribution in [0.15, 0.2) is 42.7 Å². The number of nitrogens with zero attached hydrogens (tertiary/aromatic N) is 5. The summed E-state index contributed by atoms with van der Waals surface area (Å²) < 4.78 is 6.77. The van der Waals surface area contributed by atoms with Crippen LogP contribution in [0.4, 0.5) is 10.6 Å². The molecule has 1 atom stereocenters. The average Bonchev–Trinajstić information content (AvgIpc) is 3.45. The molecule has 2 amide bonds. The first-order valence-electron chi connectivity index (χ1n) is 10.8. The molecular formula is C23H25N5O3. The van der Waals surface area contributed by atoms with Crippen molar-refractivity contribution in [2.45, 2.75) is 26.2 Å². The summed E-state index contributed by atoms with van der Waals surface area (Å²) in [6, 6.07) is 9.51. The van der Waals surface area contributed by atoms with E-state index < -0.39 is 0 Å². The van der Waals surface area contributed by atoms with E-state index in [1.807, 2.05) is 29.2 Å². The molecule has 5 heterocycles. The van der Waals surface area contributed by atoms with Crippen LogP contribution in [0.2, 0.25) is 0 Å². The zero-order valence-electron chi connectivity index (χ0n) is 17.5. The van der Waals surface area contributed by atoms with Crippen LogP contribution in [0.1, 0.15) is 36.5 Å². The Morgan fingerprint density at radius 1 is 1.19 bits per heavy atom. The van der Waals surface area contributed by atoms with Gasteiger partial charge in [-0.15, -0.1) is 0 Å². The molecule has 8 nitrogen and oxygen atoms in total. The summed E-state index contributed by atoms with van der Waals surface area (Å²) in [5, 5.41) is 4.52. The molecular weight excluding hydrogens is 394 g/mol. The number of pyridine rings is 2. The van der Waals surface area contributed by atoms with Gasteiger partial charge in [-0.1, -0.05) is 19.4 Å². The van der Waals surface area contributed by atoms with Crippen molar-refractivity contribution in [3.63, 3.8) is 0 Å². The van der Waals surface area contributed by atoms with E-state index in [2.05, 4.69) is 17.0 Å². The lowest BCUT2D eigenvalue weighted by Gasteiger charge is -2.32. The first kappa shape index (κ1) is 19.5. The highest BCUT2D eigenvalue weighted by molar-refractivity contribution is 6.01. The number of fused-ring (bicyclic) bond motifs is 1. The Morgan fingerprint density at radius 3 is 2.84 bits per heavy atom. The number of amides is 2. The Labute approximate surface area is 180 Å². The summed E-state index contributed by atoms with van der Waals surface area (Å²) in [7, 11) is 0. The smallest absolute Gasteiger partial charge is 0.415 e. The van der Waals surface area contributed by atoms with Crippen LogP contribution in [-0.4, -0.2) is 57.7 Å². The van der Waals surface area contributed by atoms with Crippen LogP contribution in [0.25, 0.3) is 16.8 Å². The molecule has 2 aliphatic heterocycles. The lowest BCUT2D eigenvalue weighted by Crippen LogP contribution is -2.39. The fraction of sp³-hybridized carbons (Fsp3) is 0.391. The van der Waals surface area contributed by atoms with Crippen molar-refractivity contribution in [3.05, 3.63) is 48.3 Å². The minimum Gasteiger partial charge on any atom is -0.447 e. The predicted octanol–water partition coefficient (Wildman–Crippen LogP) is 3.62. The predicted molar refractivity (Wildman–Crippen MR) is 116 cm³/mol. The quantitative estimate of drug-likeness (QED) is 0.645. The van der Waals surface area contributed by atoms with E-state index in [1.54, 1.807) is 23.0 Å². The van der Waals surface area contributed by atoms with Gasteiger partial charge in [0.2, 0.25) is 0 Å². The second-order valence-corrected chi connectivity index (χ2v) is 8.11. The summed E-state index contributed by atoms with van der Waals surface area (Å²) in [5.41, 5.74) is 3.11. The van der Waals surface area contributed by atoms with Crippen molar-refractivity contribution in [1.29, 1.82) is 0 Å². The number of cyclic esters (lactones) is 1. The topological polar surface area (TPSA) is 80.0 Å². The van der Waals surface area contributed by atoms with E-state index >= 15 is 0 Å². The Hall–Kier alpha value is -3.42. The summed E-state index contributed by atoms with van der Waals surface area (Å²) in [4.78, 5) is 32.9. The lowest BCUT2D eigenvalue weighted by molar-refractivity contribution is 0.0673. The minimum atomic E-state index is -0.374. The molecule has 0 aliphatic carbocycles. The number of aromatic nitrogens is 3. The van der Waals surface area contributed by atoms with Crippen LogP contribution in [0.3, 0.4) is 0 Å². The highest BCUT2D eigenvalue weighted by Gasteiger charge is 2.27. The van der Waals surface area contributed by atoms with E-state index in [4.69, 9.17) is 4.74 Å². The van der Waals surface area contributed by atoms with Gasteiger partial charge in [-0.05, 0) is 43.0 Å². The Bertz CT molecular complexity index is 1120. The largest absolute Gasteiger partial charge is 0.447 e. The van der Waals surface area contributed by atoms with Gasteiger partial charge in [0.15, 0.2) is 0 Å². The molecule has 1 unspecified atom stereocenters. The van der Waals surface area contributed by atoms with Crippen molar-refractivity contribution in [2.75, 3.05) is 31.1 Å². The molecule has 2 aliphatic rings. The summed E-state index contributed by atoms with van der Waals surface area (Å²) >= 11 is 0. The minimum absolute atomic E-state index is 0.0475. The molecule has 0 bridgehead atoms. The SMILES string of the molecule is CCC1CCCN(C(=O)c2cnn3c(-c4ccc(N5CCOC5=O)nc4)cccc23)C1. The molecule has 2 saturated heterocycles. The number of rotatable bonds is 4. The van der Waals surface area contributed by atoms with Crippen molar-refractivity contribution >= 4 is 23.3 Å². The Morgan fingerprint density at radius 2 is 2.10 bits per heavy atom. The highest BCUT2D eigenvalue weighted by Crippen LogP contribution is 2.26. The number of piperidine rings is 1. The van der Waals surface area contributed by atoms with E-state index in [-0.39, 0.29) is 12.0 Å². The van der Waals surface area contributed by atoms with Crippen molar-refractivity contribution < 1.29 is 14.3 Å². The third kappa shape index (κ3) is 3.52. The van der Waals surface area contributed by atoms with Gasteiger partial charge in [0.25, 0.3) is 5.91 Å². The maximum atomic E-state index is 13.2. The molecule has 0 aromatic carbocycles. The van der Waals surface area contributed by atoms with Gasteiger partial charge in [-0.2, -0.15) is 5.10 Å². The molecule has 2 fully saturated rings. The molecule has 31 heavy (non-hydrogen) atoms. The second kappa shape index (κ2) is 8.02. The van der Waals surface area contributed by atoms with Gasteiger partial charge in [0.1, 0.15) is 12.4 Å². The monoisotopic (exact) mass is 419 g/mol. The Kier molecular flexibility index (Phi) is 5.05. The molecule has 160 valence electrons. The first-order chi connectivity index (χ1) is 15.2. The van der Waals surface area contributed by atoms with Crippen LogP contribution < -0.4 is 4.90 Å². The average molecular weight is 419 g/mol. The van der Waals surface area contributed by atoms with Crippen molar-refractivity contribution in [3.8, 4) is 11.3 Å². The number of carbonyl (C=O) groups is 2. The normalized spacial score (nSPS) is 19.1. The van der Waals surface area contributed by atoms with Gasteiger partial charge >= 0.3 is 6.09 Å². The van der Waals surface area contributed by atoms with Crippen molar-refractivity contribution in [1.82, 2.24) is 19.5 Å². The lowest BCUT2D eigenvalue weighted by atomic mass is 9.95. The first-order valence-corrected chi connectivity index (χ1v) is 10.8. The molecule has 0 radical (unpaired) electrons. The summed E-state index contributed by atoms with van der Waals surface area (Å²) in [6.07, 6.45) is 6.35. The maximum absolute atomic E-state index is 13.2. The Balaban J connectivity index is 1.44. The molecule has 5 rings (SSSR count). The zero-order valence-corrected chi connectivity index (χ0v) is 17.5. The zero-order chi connectivity index (χ0) is 21.4. The number of carbonyl (C=O) groups excluding carboxylic acids is 2. The van der Waals surface area contributed by atoms with E-state index in [9.17, 15) is 9.59 Å².